The summed E-state index contributed by atoms with van der Waals surface area (Å²) in [6, 6.07) is 9.89. The Kier molecular flexibility index (Phi) is 3.07. The zero-order valence-electron chi connectivity index (χ0n) is 6.71. The van der Waals surface area contributed by atoms with Gasteiger partial charge in [0.2, 0.25) is 0 Å². The summed E-state index contributed by atoms with van der Waals surface area (Å²) in [6.45, 7) is 1.92. The summed E-state index contributed by atoms with van der Waals surface area (Å²) in [7, 11) is 0. The summed E-state index contributed by atoms with van der Waals surface area (Å²) < 4.78 is 1.05. The van der Waals surface area contributed by atoms with E-state index in [4.69, 9.17) is 5.26 Å². The molecule has 0 fully saturated rings. The maximum Gasteiger partial charge on any atom is 0.0915 e. The van der Waals surface area contributed by atoms with Gasteiger partial charge in [-0.3, -0.25) is 0 Å². The van der Waals surface area contributed by atoms with E-state index < -0.39 is 0 Å². The first-order valence-corrected chi connectivity index (χ1v) is 4.35. The lowest BCUT2D eigenvalue weighted by Gasteiger charge is -1.98. The third kappa shape index (κ3) is 2.21. The Morgan fingerprint density at radius 2 is 2.00 bits per heavy atom. The summed E-state index contributed by atoms with van der Waals surface area (Å²) >= 11 is 3.35. The van der Waals surface area contributed by atoms with E-state index in [1.54, 1.807) is 6.08 Å². The molecule has 0 aromatic heterocycles. The molecule has 60 valence electrons. The second-order valence-electron chi connectivity index (χ2n) is 2.46. The van der Waals surface area contributed by atoms with Crippen LogP contribution >= 0.6 is 15.9 Å². The number of hydrogen-bond donors (Lipinski definition) is 0. The van der Waals surface area contributed by atoms with E-state index in [0.29, 0.717) is 0 Å². The third-order valence-electron chi connectivity index (χ3n) is 1.58. The summed E-state index contributed by atoms with van der Waals surface area (Å²) in [5.74, 6) is 0. The van der Waals surface area contributed by atoms with Crippen LogP contribution in [0, 0.1) is 11.3 Å². The van der Waals surface area contributed by atoms with Gasteiger partial charge in [-0.25, -0.2) is 0 Å². The Balaban J connectivity index is 2.99. The van der Waals surface area contributed by atoms with Crippen molar-refractivity contribution < 1.29 is 0 Å². The lowest BCUT2D eigenvalue weighted by Crippen LogP contribution is -1.77. The van der Waals surface area contributed by atoms with Crippen LogP contribution in [-0.4, -0.2) is 0 Å². The van der Waals surface area contributed by atoms with E-state index in [1.165, 1.54) is 0 Å². The Hall–Kier alpha value is -1.07. The molecule has 0 aliphatic heterocycles. The summed E-state index contributed by atoms with van der Waals surface area (Å²) in [5, 5.41) is 8.42. The van der Waals surface area contributed by atoms with Gasteiger partial charge < -0.3 is 0 Å². The van der Waals surface area contributed by atoms with Crippen molar-refractivity contribution in [2.24, 2.45) is 0 Å². The predicted octanol–water partition coefficient (Wildman–Crippen LogP) is 3.38. The minimum Gasteiger partial charge on any atom is -0.193 e. The molecule has 0 heterocycles. The Morgan fingerprint density at radius 3 is 2.50 bits per heavy atom. The molecule has 1 rings (SSSR count). The SMILES string of the molecule is C/C(=C\C#N)c1ccc(Br)cc1. The Bertz CT molecular complexity index is 330. The van der Waals surface area contributed by atoms with Crippen molar-refractivity contribution in [3.63, 3.8) is 0 Å². The van der Waals surface area contributed by atoms with Crippen LogP contribution < -0.4 is 0 Å². The van der Waals surface area contributed by atoms with Crippen molar-refractivity contribution in [1.82, 2.24) is 0 Å². The lowest BCUT2D eigenvalue weighted by molar-refractivity contribution is 1.51. The normalized spacial score (nSPS) is 10.9. The molecule has 0 radical (unpaired) electrons. The van der Waals surface area contributed by atoms with E-state index in [9.17, 15) is 0 Å². The summed E-state index contributed by atoms with van der Waals surface area (Å²) in [5.41, 5.74) is 2.07. The second kappa shape index (κ2) is 4.08. The van der Waals surface area contributed by atoms with Crippen LogP contribution in [0.2, 0.25) is 0 Å². The van der Waals surface area contributed by atoms with Crippen LogP contribution in [0.3, 0.4) is 0 Å². The number of nitriles is 1. The highest BCUT2D eigenvalue weighted by atomic mass is 79.9. The number of benzene rings is 1. The maximum atomic E-state index is 8.42. The van der Waals surface area contributed by atoms with Gasteiger partial charge in [0.25, 0.3) is 0 Å². The summed E-state index contributed by atoms with van der Waals surface area (Å²) in [6.07, 6.45) is 1.54. The average molecular weight is 222 g/mol. The fourth-order valence-corrected chi connectivity index (χ4v) is 1.16. The number of hydrogen-bond acceptors (Lipinski definition) is 1. The van der Waals surface area contributed by atoms with Crippen LogP contribution in [0.4, 0.5) is 0 Å². The molecule has 1 nitrogen and oxygen atoms in total. The summed E-state index contributed by atoms with van der Waals surface area (Å²) in [4.78, 5) is 0. The van der Waals surface area contributed by atoms with Gasteiger partial charge in [0.1, 0.15) is 0 Å². The molecule has 1 aromatic carbocycles. The first-order valence-electron chi connectivity index (χ1n) is 3.56. The Labute approximate surface area is 80.5 Å². The fraction of sp³-hybridized carbons (Fsp3) is 0.100. The van der Waals surface area contributed by atoms with E-state index in [2.05, 4.69) is 15.9 Å². The van der Waals surface area contributed by atoms with Crippen LogP contribution in [0.1, 0.15) is 12.5 Å². The van der Waals surface area contributed by atoms with Crippen molar-refractivity contribution in [3.05, 3.63) is 40.4 Å². The molecule has 0 bridgehead atoms. The van der Waals surface area contributed by atoms with Crippen molar-refractivity contribution in [2.45, 2.75) is 6.92 Å². The fourth-order valence-electron chi connectivity index (χ4n) is 0.893. The van der Waals surface area contributed by atoms with Gasteiger partial charge in [0, 0.05) is 10.5 Å². The van der Waals surface area contributed by atoms with E-state index in [0.717, 1.165) is 15.6 Å². The second-order valence-corrected chi connectivity index (χ2v) is 3.38. The van der Waals surface area contributed by atoms with E-state index >= 15 is 0 Å². The first-order chi connectivity index (χ1) is 5.74. The molecular weight excluding hydrogens is 214 g/mol. The van der Waals surface area contributed by atoms with Gasteiger partial charge >= 0.3 is 0 Å². The highest BCUT2D eigenvalue weighted by Gasteiger charge is 1.93. The molecule has 12 heavy (non-hydrogen) atoms. The van der Waals surface area contributed by atoms with Gasteiger partial charge in [0.05, 0.1) is 6.07 Å². The topological polar surface area (TPSA) is 23.8 Å². The lowest BCUT2D eigenvalue weighted by atomic mass is 10.1. The standard InChI is InChI=1S/C10H8BrN/c1-8(6-7-12)9-2-4-10(11)5-3-9/h2-6H,1H3/b8-6+. The monoisotopic (exact) mass is 221 g/mol. The number of allylic oxidation sites excluding steroid dienone is 2. The molecule has 2 heteroatoms. The smallest absolute Gasteiger partial charge is 0.0915 e. The van der Waals surface area contributed by atoms with Crippen LogP contribution in [0.25, 0.3) is 5.57 Å². The van der Waals surface area contributed by atoms with Crippen molar-refractivity contribution in [2.75, 3.05) is 0 Å². The molecule has 0 unspecified atom stereocenters. The van der Waals surface area contributed by atoms with Crippen LogP contribution in [0.5, 0.6) is 0 Å². The van der Waals surface area contributed by atoms with Crippen LogP contribution in [0.15, 0.2) is 34.8 Å². The molecule has 0 spiro atoms. The Morgan fingerprint density at radius 1 is 1.42 bits per heavy atom. The van der Waals surface area contributed by atoms with E-state index in [-0.39, 0.29) is 0 Å². The van der Waals surface area contributed by atoms with Crippen molar-refractivity contribution >= 4 is 21.5 Å². The number of nitrogens with zero attached hydrogens (tertiary/aromatic N) is 1. The van der Waals surface area contributed by atoms with Gasteiger partial charge in [-0.15, -0.1) is 0 Å². The van der Waals surface area contributed by atoms with Gasteiger partial charge in [-0.05, 0) is 30.2 Å². The minimum atomic E-state index is 0.991. The maximum absolute atomic E-state index is 8.42. The van der Waals surface area contributed by atoms with Gasteiger partial charge in [0.15, 0.2) is 0 Å². The van der Waals surface area contributed by atoms with Crippen LogP contribution in [-0.2, 0) is 0 Å². The third-order valence-corrected chi connectivity index (χ3v) is 2.11. The number of halogens is 1. The van der Waals surface area contributed by atoms with Crippen molar-refractivity contribution in [1.29, 1.82) is 5.26 Å². The molecule has 0 atom stereocenters. The quantitative estimate of drug-likeness (QED) is 0.668. The first kappa shape index (κ1) is 9.02. The zero-order chi connectivity index (χ0) is 8.97. The molecule has 0 aliphatic rings. The van der Waals surface area contributed by atoms with Gasteiger partial charge in [-0.1, -0.05) is 28.1 Å². The molecule has 0 N–H and O–H groups in total. The van der Waals surface area contributed by atoms with Gasteiger partial charge in [-0.2, -0.15) is 5.26 Å². The zero-order valence-corrected chi connectivity index (χ0v) is 8.30. The molecule has 0 saturated carbocycles. The minimum absolute atomic E-state index is 0.991. The molecule has 0 aliphatic carbocycles. The molecular formula is C10H8BrN. The van der Waals surface area contributed by atoms with Crippen molar-refractivity contribution in [3.8, 4) is 6.07 Å². The number of rotatable bonds is 1. The highest BCUT2D eigenvalue weighted by molar-refractivity contribution is 9.10. The predicted molar refractivity (Wildman–Crippen MR) is 53.4 cm³/mol. The van der Waals surface area contributed by atoms with E-state index in [1.807, 2.05) is 37.3 Å². The largest absolute Gasteiger partial charge is 0.193 e. The average Bonchev–Trinajstić information content (AvgIpc) is 2.06. The molecule has 1 aromatic rings. The molecule has 0 saturated heterocycles. The highest BCUT2D eigenvalue weighted by Crippen LogP contribution is 2.16. The molecule has 0 amide bonds.